The van der Waals surface area contributed by atoms with E-state index in [4.69, 9.17) is 5.11 Å². The van der Waals surface area contributed by atoms with E-state index in [9.17, 15) is 0 Å². The van der Waals surface area contributed by atoms with Gasteiger partial charge in [0.15, 0.2) is 0 Å². The summed E-state index contributed by atoms with van der Waals surface area (Å²) in [5.74, 6) is 0. The average molecular weight is 218 g/mol. The Kier molecular flexibility index (Phi) is 5.27. The first kappa shape index (κ1) is 13.0. The maximum atomic E-state index is 7.88. The van der Waals surface area contributed by atoms with E-state index in [1.54, 1.807) is 11.1 Å². The van der Waals surface area contributed by atoms with Crippen LogP contribution in [-0.4, -0.2) is 11.7 Å². The number of allylic oxidation sites excluding steroid dienone is 2. The third-order valence-corrected chi connectivity index (χ3v) is 2.98. The quantitative estimate of drug-likeness (QED) is 0.715. The smallest absolute Gasteiger partial charge is 0.0428 e. The second-order valence-electron chi connectivity index (χ2n) is 4.41. The van der Waals surface area contributed by atoms with Crippen molar-refractivity contribution < 1.29 is 5.11 Å². The zero-order valence-electron chi connectivity index (χ0n) is 10.6. The molecule has 0 amide bonds. The fraction of sp³-hybridized carbons (Fsp3) is 0.467. The molecule has 0 saturated carbocycles. The summed E-state index contributed by atoms with van der Waals surface area (Å²) in [5, 5.41) is 7.88. The molecule has 1 heteroatoms. The molecule has 1 aromatic rings. The van der Waals surface area contributed by atoms with Gasteiger partial charge in [0.2, 0.25) is 0 Å². The number of benzene rings is 1. The summed E-state index contributed by atoms with van der Waals surface area (Å²) >= 11 is 0. The van der Waals surface area contributed by atoms with Gasteiger partial charge in [-0.05, 0) is 44.2 Å². The fourth-order valence-electron chi connectivity index (χ4n) is 1.78. The van der Waals surface area contributed by atoms with Gasteiger partial charge in [-0.15, -0.1) is 0 Å². The van der Waals surface area contributed by atoms with Crippen molar-refractivity contribution in [2.24, 2.45) is 0 Å². The SMILES string of the molecule is CC1=C(C)Cc2ccccc2C1.CCCO. The van der Waals surface area contributed by atoms with Crippen LogP contribution in [0.1, 0.15) is 38.3 Å². The fourth-order valence-corrected chi connectivity index (χ4v) is 1.78. The van der Waals surface area contributed by atoms with Crippen LogP contribution in [0.15, 0.2) is 35.4 Å². The number of rotatable bonds is 1. The van der Waals surface area contributed by atoms with E-state index in [0.717, 1.165) is 19.3 Å². The number of aliphatic hydroxyl groups is 1. The Balaban J connectivity index is 0.000000280. The van der Waals surface area contributed by atoms with E-state index >= 15 is 0 Å². The summed E-state index contributed by atoms with van der Waals surface area (Å²) in [7, 11) is 0. The van der Waals surface area contributed by atoms with Crippen LogP contribution < -0.4 is 0 Å². The van der Waals surface area contributed by atoms with Crippen LogP contribution in [0.2, 0.25) is 0 Å². The van der Waals surface area contributed by atoms with Crippen LogP contribution in [0.4, 0.5) is 0 Å². The Labute approximate surface area is 98.8 Å². The Morgan fingerprint density at radius 1 is 1.00 bits per heavy atom. The number of hydrogen-bond donors (Lipinski definition) is 1. The minimum Gasteiger partial charge on any atom is -0.396 e. The van der Waals surface area contributed by atoms with E-state index in [1.807, 2.05) is 6.92 Å². The largest absolute Gasteiger partial charge is 0.396 e. The van der Waals surface area contributed by atoms with E-state index in [0.29, 0.717) is 6.61 Å². The molecule has 1 aliphatic rings. The molecule has 1 N–H and O–H groups in total. The van der Waals surface area contributed by atoms with Crippen molar-refractivity contribution in [3.8, 4) is 0 Å². The predicted octanol–water partition coefficient (Wildman–Crippen LogP) is 3.51. The highest BCUT2D eigenvalue weighted by atomic mass is 16.2. The molecule has 0 fully saturated rings. The van der Waals surface area contributed by atoms with Gasteiger partial charge in [-0.25, -0.2) is 0 Å². The van der Waals surface area contributed by atoms with Gasteiger partial charge in [0, 0.05) is 6.61 Å². The van der Waals surface area contributed by atoms with Gasteiger partial charge >= 0.3 is 0 Å². The summed E-state index contributed by atoms with van der Waals surface area (Å²) in [4.78, 5) is 0. The molecule has 0 bridgehead atoms. The summed E-state index contributed by atoms with van der Waals surface area (Å²) in [6.45, 7) is 6.73. The molecular weight excluding hydrogens is 196 g/mol. The lowest BCUT2D eigenvalue weighted by Crippen LogP contribution is -2.04. The number of aliphatic hydroxyl groups excluding tert-OH is 1. The minimum absolute atomic E-state index is 0.319. The monoisotopic (exact) mass is 218 g/mol. The zero-order chi connectivity index (χ0) is 12.0. The Morgan fingerprint density at radius 2 is 1.38 bits per heavy atom. The highest BCUT2D eigenvalue weighted by Crippen LogP contribution is 2.24. The van der Waals surface area contributed by atoms with E-state index in [2.05, 4.69) is 38.1 Å². The molecule has 0 atom stereocenters. The van der Waals surface area contributed by atoms with Crippen molar-refractivity contribution in [2.75, 3.05) is 6.61 Å². The van der Waals surface area contributed by atoms with Crippen LogP contribution in [-0.2, 0) is 12.8 Å². The van der Waals surface area contributed by atoms with Crippen LogP contribution in [0.5, 0.6) is 0 Å². The number of hydrogen-bond acceptors (Lipinski definition) is 1. The first-order chi connectivity index (χ1) is 7.69. The molecule has 0 aliphatic heterocycles. The molecule has 0 unspecified atom stereocenters. The summed E-state index contributed by atoms with van der Waals surface area (Å²) in [6, 6.07) is 8.75. The molecule has 1 nitrogen and oxygen atoms in total. The summed E-state index contributed by atoms with van der Waals surface area (Å²) in [5.41, 5.74) is 6.13. The zero-order valence-corrected chi connectivity index (χ0v) is 10.6. The second kappa shape index (κ2) is 6.49. The first-order valence-electron chi connectivity index (χ1n) is 6.01. The molecule has 0 heterocycles. The van der Waals surface area contributed by atoms with Gasteiger partial charge in [-0.2, -0.15) is 0 Å². The average Bonchev–Trinajstić information content (AvgIpc) is 2.31. The van der Waals surface area contributed by atoms with Crippen LogP contribution in [0.25, 0.3) is 0 Å². The lowest BCUT2D eigenvalue weighted by Gasteiger charge is -2.18. The van der Waals surface area contributed by atoms with E-state index < -0.39 is 0 Å². The highest BCUT2D eigenvalue weighted by molar-refractivity contribution is 5.39. The molecular formula is C15H22O. The van der Waals surface area contributed by atoms with E-state index in [-0.39, 0.29) is 0 Å². The minimum atomic E-state index is 0.319. The van der Waals surface area contributed by atoms with Crippen LogP contribution in [0.3, 0.4) is 0 Å². The Bertz CT molecular complexity index is 328. The normalized spacial score (nSPS) is 14.0. The third-order valence-electron chi connectivity index (χ3n) is 2.98. The predicted molar refractivity (Wildman–Crippen MR) is 69.6 cm³/mol. The molecule has 1 aliphatic carbocycles. The molecule has 0 aromatic heterocycles. The van der Waals surface area contributed by atoms with Gasteiger partial charge < -0.3 is 5.11 Å². The standard InChI is InChI=1S/C12H14.C3H8O/c1-9-7-11-5-3-4-6-12(11)8-10(9)2;1-2-3-4/h3-6H,7-8H2,1-2H3;4H,2-3H2,1H3. The molecule has 0 radical (unpaired) electrons. The second-order valence-corrected chi connectivity index (χ2v) is 4.41. The number of fused-ring (bicyclic) bond motifs is 1. The van der Waals surface area contributed by atoms with Gasteiger partial charge in [0.05, 0.1) is 0 Å². The maximum Gasteiger partial charge on any atom is 0.0428 e. The molecule has 88 valence electrons. The first-order valence-corrected chi connectivity index (χ1v) is 6.01. The highest BCUT2D eigenvalue weighted by Gasteiger charge is 2.10. The van der Waals surface area contributed by atoms with Crippen molar-refractivity contribution in [3.05, 3.63) is 46.5 Å². The van der Waals surface area contributed by atoms with Gasteiger partial charge in [-0.1, -0.05) is 42.3 Å². The van der Waals surface area contributed by atoms with Crippen LogP contribution >= 0.6 is 0 Å². The Morgan fingerprint density at radius 3 is 1.69 bits per heavy atom. The van der Waals surface area contributed by atoms with Crippen molar-refractivity contribution >= 4 is 0 Å². The molecule has 0 saturated heterocycles. The molecule has 0 spiro atoms. The van der Waals surface area contributed by atoms with Crippen molar-refractivity contribution in [1.29, 1.82) is 0 Å². The van der Waals surface area contributed by atoms with Gasteiger partial charge in [0.1, 0.15) is 0 Å². The summed E-state index contributed by atoms with van der Waals surface area (Å²) in [6.07, 6.45) is 3.18. The summed E-state index contributed by atoms with van der Waals surface area (Å²) < 4.78 is 0. The van der Waals surface area contributed by atoms with Gasteiger partial charge in [-0.3, -0.25) is 0 Å². The van der Waals surface area contributed by atoms with Crippen molar-refractivity contribution in [1.82, 2.24) is 0 Å². The topological polar surface area (TPSA) is 20.2 Å². The van der Waals surface area contributed by atoms with Crippen molar-refractivity contribution in [2.45, 2.75) is 40.0 Å². The van der Waals surface area contributed by atoms with Crippen molar-refractivity contribution in [3.63, 3.8) is 0 Å². The Hall–Kier alpha value is -1.08. The molecule has 2 rings (SSSR count). The van der Waals surface area contributed by atoms with Crippen LogP contribution in [0, 0.1) is 0 Å². The lowest BCUT2D eigenvalue weighted by atomic mass is 9.88. The molecule has 16 heavy (non-hydrogen) atoms. The maximum absolute atomic E-state index is 7.88. The molecule has 1 aromatic carbocycles. The van der Waals surface area contributed by atoms with Gasteiger partial charge in [0.25, 0.3) is 0 Å². The van der Waals surface area contributed by atoms with E-state index in [1.165, 1.54) is 11.1 Å². The lowest BCUT2D eigenvalue weighted by molar-refractivity contribution is 0.295. The third kappa shape index (κ3) is 3.49.